The number of carboxylic acid groups (broad SMARTS) is 1. The van der Waals surface area contributed by atoms with Crippen LogP contribution in [-0.2, 0) is 6.54 Å². The van der Waals surface area contributed by atoms with Gasteiger partial charge in [0, 0.05) is 37.3 Å². The molecule has 2 aliphatic heterocycles. The molecule has 3 aliphatic rings. The van der Waals surface area contributed by atoms with Gasteiger partial charge in [0.2, 0.25) is 0 Å². The molecule has 1 saturated carbocycles. The van der Waals surface area contributed by atoms with E-state index < -0.39 is 6.09 Å². The summed E-state index contributed by atoms with van der Waals surface area (Å²) in [6, 6.07) is 0.673. The number of hydrogen-bond donors (Lipinski definition) is 1. The number of hydrogen-bond acceptors (Lipinski definition) is 3. The number of aryl methyl sites for hydroxylation is 2. The predicted molar refractivity (Wildman–Crippen MR) is 95.9 cm³/mol. The van der Waals surface area contributed by atoms with Crippen LogP contribution in [0, 0.1) is 12.3 Å². The molecule has 0 radical (unpaired) electrons. The maximum atomic E-state index is 11.1. The molecule has 3 fully saturated rings. The molecule has 0 unspecified atom stereocenters. The second-order valence-electron chi connectivity index (χ2n) is 8.36. The minimum absolute atomic E-state index is 0.289. The van der Waals surface area contributed by atoms with Crippen molar-refractivity contribution in [2.24, 2.45) is 5.41 Å². The van der Waals surface area contributed by atoms with Crippen molar-refractivity contribution < 1.29 is 9.90 Å². The summed E-state index contributed by atoms with van der Waals surface area (Å²) in [5.41, 5.74) is 3.07. The molecule has 1 N–H and O–H groups in total. The quantitative estimate of drug-likeness (QED) is 0.914. The highest BCUT2D eigenvalue weighted by molar-refractivity contribution is 5.65. The summed E-state index contributed by atoms with van der Waals surface area (Å²) in [5, 5.41) is 13.7. The van der Waals surface area contributed by atoms with Crippen LogP contribution < -0.4 is 0 Å². The zero-order chi connectivity index (χ0) is 17.6. The summed E-state index contributed by atoms with van der Waals surface area (Å²) in [6.45, 7) is 9.12. The number of rotatable bonds is 3. The molecule has 0 aromatic carbocycles. The summed E-state index contributed by atoms with van der Waals surface area (Å²) in [7, 11) is 0. The maximum Gasteiger partial charge on any atom is 0.407 e. The summed E-state index contributed by atoms with van der Waals surface area (Å²) in [6.07, 6.45) is 7.13. The first kappa shape index (κ1) is 16.9. The Morgan fingerprint density at radius 2 is 2.04 bits per heavy atom. The van der Waals surface area contributed by atoms with Gasteiger partial charge in [-0.1, -0.05) is 0 Å². The van der Waals surface area contributed by atoms with Gasteiger partial charge in [-0.3, -0.25) is 4.68 Å². The lowest BCUT2D eigenvalue weighted by molar-refractivity contribution is -0.00422. The highest BCUT2D eigenvalue weighted by atomic mass is 16.4. The Balaban J connectivity index is 1.31. The van der Waals surface area contributed by atoms with Crippen molar-refractivity contribution in [3.8, 4) is 0 Å². The first-order chi connectivity index (χ1) is 12.0. The number of likely N-dealkylation sites (tertiary alicyclic amines) is 2. The summed E-state index contributed by atoms with van der Waals surface area (Å²) in [5.74, 6) is 0.640. The number of carbonyl (C=O) groups is 1. The van der Waals surface area contributed by atoms with Crippen molar-refractivity contribution in [1.82, 2.24) is 19.6 Å². The Bertz CT molecular complexity index is 642. The topological polar surface area (TPSA) is 61.6 Å². The monoisotopic (exact) mass is 346 g/mol. The van der Waals surface area contributed by atoms with Gasteiger partial charge in [-0.15, -0.1) is 0 Å². The molecule has 4 rings (SSSR count). The lowest BCUT2D eigenvalue weighted by Crippen LogP contribution is -2.54. The Kier molecular flexibility index (Phi) is 4.26. The lowest BCUT2D eigenvalue weighted by atomic mass is 9.64. The third kappa shape index (κ3) is 2.94. The van der Waals surface area contributed by atoms with Crippen LogP contribution in [-0.4, -0.2) is 63.0 Å². The Hall–Kier alpha value is -1.56. The molecule has 1 aliphatic carbocycles. The first-order valence-corrected chi connectivity index (χ1v) is 9.75. The van der Waals surface area contributed by atoms with Crippen molar-refractivity contribution in [3.63, 3.8) is 0 Å². The largest absolute Gasteiger partial charge is 0.465 e. The van der Waals surface area contributed by atoms with E-state index in [1.807, 2.05) is 6.20 Å². The highest BCUT2D eigenvalue weighted by Crippen LogP contribution is 2.50. The fraction of sp³-hybridized carbons (Fsp3) is 0.789. The molecule has 25 heavy (non-hydrogen) atoms. The minimum Gasteiger partial charge on any atom is -0.465 e. The molecule has 6 nitrogen and oxygen atoms in total. The third-order valence-corrected chi connectivity index (χ3v) is 6.85. The predicted octanol–water partition coefficient (Wildman–Crippen LogP) is 2.92. The molecule has 0 bridgehead atoms. The summed E-state index contributed by atoms with van der Waals surface area (Å²) < 4.78 is 2.17. The van der Waals surface area contributed by atoms with Crippen molar-refractivity contribution in [3.05, 3.63) is 17.5 Å². The molecule has 3 heterocycles. The van der Waals surface area contributed by atoms with Gasteiger partial charge < -0.3 is 14.9 Å². The van der Waals surface area contributed by atoms with Crippen LogP contribution in [0.25, 0.3) is 0 Å². The van der Waals surface area contributed by atoms with Crippen molar-refractivity contribution in [2.75, 3.05) is 26.2 Å². The van der Waals surface area contributed by atoms with E-state index in [-0.39, 0.29) is 5.41 Å². The summed E-state index contributed by atoms with van der Waals surface area (Å²) >= 11 is 0. The van der Waals surface area contributed by atoms with Crippen LogP contribution in [0.15, 0.2) is 6.20 Å². The normalized spacial score (nSPS) is 30.8. The average molecular weight is 346 g/mol. The van der Waals surface area contributed by atoms with Gasteiger partial charge in [-0.2, -0.15) is 5.10 Å². The van der Waals surface area contributed by atoms with Gasteiger partial charge in [0.05, 0.1) is 6.20 Å². The van der Waals surface area contributed by atoms with Crippen LogP contribution in [0.1, 0.15) is 56.2 Å². The van der Waals surface area contributed by atoms with Gasteiger partial charge in [0.1, 0.15) is 0 Å². The van der Waals surface area contributed by atoms with Gasteiger partial charge in [0.15, 0.2) is 0 Å². The van der Waals surface area contributed by atoms with Gasteiger partial charge in [-0.05, 0) is 70.0 Å². The zero-order valence-electron chi connectivity index (χ0n) is 15.4. The molecule has 1 spiro atoms. The second-order valence-corrected chi connectivity index (χ2v) is 8.36. The van der Waals surface area contributed by atoms with E-state index in [0.29, 0.717) is 12.0 Å². The smallest absolute Gasteiger partial charge is 0.407 e. The van der Waals surface area contributed by atoms with E-state index in [1.54, 1.807) is 4.90 Å². The number of piperidine rings is 1. The molecule has 1 aromatic rings. The Labute approximate surface area is 149 Å². The van der Waals surface area contributed by atoms with E-state index in [2.05, 4.69) is 28.5 Å². The van der Waals surface area contributed by atoms with E-state index in [4.69, 9.17) is 0 Å². The SMILES string of the molecule is CCn1ncc(C)c1C1CCN(C2CC3(CCN(C(=O)O)C3)C2)CC1. The lowest BCUT2D eigenvalue weighted by Gasteiger charge is -2.51. The molecular weight excluding hydrogens is 316 g/mol. The molecule has 1 aromatic heterocycles. The van der Waals surface area contributed by atoms with Crippen molar-refractivity contribution in [1.29, 1.82) is 0 Å². The van der Waals surface area contributed by atoms with Crippen LogP contribution in [0.3, 0.4) is 0 Å². The Morgan fingerprint density at radius 1 is 1.32 bits per heavy atom. The fourth-order valence-electron chi connectivity index (χ4n) is 5.44. The third-order valence-electron chi connectivity index (χ3n) is 6.85. The standard InChI is InChI=1S/C19H30N4O2/c1-3-23-17(14(2)12-20-23)15-4-7-21(8-5-15)16-10-19(11-16)6-9-22(13-19)18(24)25/h12,15-16H,3-11,13H2,1-2H3,(H,24,25). The van der Waals surface area contributed by atoms with Crippen LogP contribution in [0.4, 0.5) is 4.79 Å². The molecule has 0 atom stereocenters. The van der Waals surface area contributed by atoms with Crippen LogP contribution in [0.5, 0.6) is 0 Å². The maximum absolute atomic E-state index is 11.1. The average Bonchev–Trinajstić information content (AvgIpc) is 3.18. The number of aromatic nitrogens is 2. The van der Waals surface area contributed by atoms with E-state index in [0.717, 1.165) is 26.1 Å². The highest BCUT2D eigenvalue weighted by Gasteiger charge is 2.51. The number of amides is 1. The van der Waals surface area contributed by atoms with Crippen LogP contribution >= 0.6 is 0 Å². The summed E-state index contributed by atoms with van der Waals surface area (Å²) in [4.78, 5) is 15.4. The van der Waals surface area contributed by atoms with E-state index >= 15 is 0 Å². The zero-order valence-corrected chi connectivity index (χ0v) is 15.4. The first-order valence-electron chi connectivity index (χ1n) is 9.75. The Morgan fingerprint density at radius 3 is 2.64 bits per heavy atom. The van der Waals surface area contributed by atoms with E-state index in [9.17, 15) is 9.90 Å². The molecular formula is C19H30N4O2. The van der Waals surface area contributed by atoms with Gasteiger partial charge in [-0.25, -0.2) is 4.79 Å². The van der Waals surface area contributed by atoms with Crippen LogP contribution in [0.2, 0.25) is 0 Å². The van der Waals surface area contributed by atoms with Gasteiger partial charge in [0.25, 0.3) is 0 Å². The molecule has 6 heteroatoms. The molecule has 1 amide bonds. The molecule has 138 valence electrons. The fourth-order valence-corrected chi connectivity index (χ4v) is 5.44. The minimum atomic E-state index is -0.746. The second kappa shape index (κ2) is 6.31. The van der Waals surface area contributed by atoms with Gasteiger partial charge >= 0.3 is 6.09 Å². The van der Waals surface area contributed by atoms with Crippen molar-refractivity contribution in [2.45, 2.75) is 64.5 Å². The van der Waals surface area contributed by atoms with Crippen molar-refractivity contribution >= 4 is 6.09 Å². The molecule has 2 saturated heterocycles. The number of nitrogens with zero attached hydrogens (tertiary/aromatic N) is 4. The van der Waals surface area contributed by atoms with E-state index in [1.165, 1.54) is 50.0 Å².